The molecule has 21 heavy (non-hydrogen) atoms. The van der Waals surface area contributed by atoms with Gasteiger partial charge in [0.05, 0.1) is 19.8 Å². The van der Waals surface area contributed by atoms with Crippen LogP contribution >= 0.6 is 15.9 Å². The van der Waals surface area contributed by atoms with Crippen LogP contribution < -0.4 is 14.8 Å². The maximum Gasteiger partial charge on any atom is 0.259 e. The van der Waals surface area contributed by atoms with Crippen LogP contribution in [0.4, 0.5) is 5.95 Å². The zero-order chi connectivity index (χ0) is 15.4. The zero-order valence-corrected chi connectivity index (χ0v) is 13.4. The van der Waals surface area contributed by atoms with Gasteiger partial charge in [-0.15, -0.1) is 0 Å². The minimum Gasteiger partial charge on any atom is -0.497 e. The summed E-state index contributed by atoms with van der Waals surface area (Å²) < 4.78 is 10.8. The third-order valence-corrected chi connectivity index (χ3v) is 3.37. The highest BCUT2D eigenvalue weighted by atomic mass is 79.9. The van der Waals surface area contributed by atoms with Crippen molar-refractivity contribution in [1.82, 2.24) is 9.97 Å². The molecule has 0 aliphatic rings. The van der Waals surface area contributed by atoms with Crippen molar-refractivity contribution >= 4 is 27.8 Å². The van der Waals surface area contributed by atoms with Crippen LogP contribution in [0.5, 0.6) is 11.6 Å². The van der Waals surface area contributed by atoms with Gasteiger partial charge in [0.25, 0.3) is 5.91 Å². The molecule has 1 amide bonds. The number of nitrogens with zero attached hydrogens (tertiary/aromatic N) is 2. The number of amides is 1. The van der Waals surface area contributed by atoms with Crippen LogP contribution in [-0.2, 0) is 0 Å². The molecular weight excluding hydrogens is 338 g/mol. The molecule has 0 saturated heterocycles. The third-order valence-electron chi connectivity index (χ3n) is 2.68. The van der Waals surface area contributed by atoms with Gasteiger partial charge >= 0.3 is 0 Å². The van der Waals surface area contributed by atoms with Crippen LogP contribution in [0.3, 0.4) is 0 Å². The van der Waals surface area contributed by atoms with Gasteiger partial charge in [-0.05, 0) is 41.1 Å². The van der Waals surface area contributed by atoms with Crippen molar-refractivity contribution in [2.45, 2.75) is 6.92 Å². The van der Waals surface area contributed by atoms with E-state index in [1.807, 2.05) is 0 Å². The van der Waals surface area contributed by atoms with E-state index in [0.717, 1.165) is 0 Å². The molecule has 2 rings (SSSR count). The molecule has 0 aliphatic carbocycles. The molecule has 6 nitrogen and oxygen atoms in total. The Morgan fingerprint density at radius 1 is 1.19 bits per heavy atom. The number of benzene rings is 1. The van der Waals surface area contributed by atoms with Crippen molar-refractivity contribution in [3.63, 3.8) is 0 Å². The Morgan fingerprint density at radius 3 is 2.62 bits per heavy atom. The van der Waals surface area contributed by atoms with Gasteiger partial charge in [-0.3, -0.25) is 10.1 Å². The Balaban J connectivity index is 2.27. The number of anilines is 1. The SMILES string of the molecule is COc1ccc(Br)c(C(=O)Nc2nc(C)cc(OC)n2)c1. The average Bonchev–Trinajstić information content (AvgIpc) is 2.46. The first-order valence-electron chi connectivity index (χ1n) is 6.08. The molecule has 0 aliphatic heterocycles. The van der Waals surface area contributed by atoms with Crippen molar-refractivity contribution in [2.24, 2.45) is 0 Å². The number of hydrogen-bond acceptors (Lipinski definition) is 5. The maximum absolute atomic E-state index is 12.3. The Labute approximate surface area is 130 Å². The molecule has 7 heteroatoms. The Bertz CT molecular complexity index is 677. The molecule has 1 heterocycles. The highest BCUT2D eigenvalue weighted by Gasteiger charge is 2.13. The number of ether oxygens (including phenoxy) is 2. The van der Waals surface area contributed by atoms with Gasteiger partial charge < -0.3 is 9.47 Å². The fraction of sp³-hybridized carbons (Fsp3) is 0.214. The van der Waals surface area contributed by atoms with E-state index < -0.39 is 0 Å². The predicted octanol–water partition coefficient (Wildman–Crippen LogP) is 2.82. The minimum absolute atomic E-state index is 0.187. The van der Waals surface area contributed by atoms with E-state index in [2.05, 4.69) is 31.2 Å². The number of rotatable bonds is 4. The van der Waals surface area contributed by atoms with Crippen molar-refractivity contribution in [2.75, 3.05) is 19.5 Å². The van der Waals surface area contributed by atoms with Gasteiger partial charge in [0.15, 0.2) is 0 Å². The van der Waals surface area contributed by atoms with Crippen molar-refractivity contribution in [3.05, 3.63) is 40.0 Å². The lowest BCUT2D eigenvalue weighted by Crippen LogP contribution is -2.15. The summed E-state index contributed by atoms with van der Waals surface area (Å²) in [5.74, 6) is 0.827. The number of hydrogen-bond donors (Lipinski definition) is 1. The lowest BCUT2D eigenvalue weighted by atomic mass is 10.2. The molecule has 0 radical (unpaired) electrons. The standard InChI is InChI=1S/C14H14BrN3O3/c1-8-6-12(21-3)17-14(16-8)18-13(19)10-7-9(20-2)4-5-11(10)15/h4-7H,1-3H3,(H,16,17,18,19). The molecule has 110 valence electrons. The summed E-state index contributed by atoms with van der Waals surface area (Å²) in [4.78, 5) is 20.5. The summed E-state index contributed by atoms with van der Waals surface area (Å²) in [5, 5.41) is 2.64. The van der Waals surface area contributed by atoms with E-state index in [1.165, 1.54) is 7.11 Å². The predicted molar refractivity (Wildman–Crippen MR) is 82.0 cm³/mol. The van der Waals surface area contributed by atoms with Crippen LogP contribution in [0.25, 0.3) is 0 Å². The van der Waals surface area contributed by atoms with Crippen LogP contribution in [0.1, 0.15) is 16.1 Å². The second-order valence-electron chi connectivity index (χ2n) is 4.18. The Kier molecular flexibility index (Phi) is 4.74. The van der Waals surface area contributed by atoms with Gasteiger partial charge in [-0.25, -0.2) is 4.98 Å². The van der Waals surface area contributed by atoms with Gasteiger partial charge in [0.2, 0.25) is 11.8 Å². The molecule has 0 spiro atoms. The summed E-state index contributed by atoms with van der Waals surface area (Å²) >= 11 is 3.33. The molecule has 0 atom stereocenters. The number of nitrogens with one attached hydrogen (secondary N) is 1. The van der Waals surface area contributed by atoms with Crippen molar-refractivity contribution in [3.8, 4) is 11.6 Å². The molecule has 0 fully saturated rings. The summed E-state index contributed by atoms with van der Waals surface area (Å²) in [5.41, 5.74) is 1.13. The highest BCUT2D eigenvalue weighted by molar-refractivity contribution is 9.10. The number of methoxy groups -OCH3 is 2. The summed E-state index contributed by atoms with van der Waals surface area (Å²) in [6.07, 6.45) is 0. The first kappa shape index (κ1) is 15.2. The second-order valence-corrected chi connectivity index (χ2v) is 5.03. The maximum atomic E-state index is 12.3. The van der Waals surface area contributed by atoms with Gasteiger partial charge in [0, 0.05) is 16.2 Å². The second kappa shape index (κ2) is 6.53. The van der Waals surface area contributed by atoms with E-state index in [1.54, 1.807) is 38.3 Å². The summed E-state index contributed by atoms with van der Waals surface area (Å²) in [6, 6.07) is 6.81. The van der Waals surface area contributed by atoms with Crippen LogP contribution in [0.2, 0.25) is 0 Å². The number of aromatic nitrogens is 2. The Morgan fingerprint density at radius 2 is 1.95 bits per heavy atom. The lowest BCUT2D eigenvalue weighted by Gasteiger charge is -2.09. The van der Waals surface area contributed by atoms with E-state index in [9.17, 15) is 4.79 Å². The largest absolute Gasteiger partial charge is 0.497 e. The molecule has 1 aromatic heterocycles. The first-order chi connectivity index (χ1) is 10.0. The molecule has 1 N–H and O–H groups in total. The molecule has 0 bridgehead atoms. The first-order valence-corrected chi connectivity index (χ1v) is 6.87. The smallest absolute Gasteiger partial charge is 0.259 e. The van der Waals surface area contributed by atoms with Gasteiger partial charge in [-0.2, -0.15) is 4.98 Å². The highest BCUT2D eigenvalue weighted by Crippen LogP contribution is 2.23. The summed E-state index contributed by atoms with van der Waals surface area (Å²) in [7, 11) is 3.05. The fourth-order valence-electron chi connectivity index (χ4n) is 1.67. The van der Waals surface area contributed by atoms with E-state index in [4.69, 9.17) is 9.47 Å². The van der Waals surface area contributed by atoms with E-state index >= 15 is 0 Å². The third kappa shape index (κ3) is 3.69. The van der Waals surface area contributed by atoms with Crippen LogP contribution in [0.15, 0.2) is 28.7 Å². The lowest BCUT2D eigenvalue weighted by molar-refractivity contribution is 0.102. The van der Waals surface area contributed by atoms with E-state index in [0.29, 0.717) is 27.4 Å². The monoisotopic (exact) mass is 351 g/mol. The zero-order valence-electron chi connectivity index (χ0n) is 11.8. The van der Waals surface area contributed by atoms with E-state index in [-0.39, 0.29) is 11.9 Å². The summed E-state index contributed by atoms with van der Waals surface area (Å²) in [6.45, 7) is 1.79. The van der Waals surface area contributed by atoms with Crippen LogP contribution in [-0.4, -0.2) is 30.1 Å². The van der Waals surface area contributed by atoms with Crippen molar-refractivity contribution < 1.29 is 14.3 Å². The Hall–Kier alpha value is -2.15. The number of carbonyl (C=O) groups excluding carboxylic acids is 1. The molecular formula is C14H14BrN3O3. The van der Waals surface area contributed by atoms with Gasteiger partial charge in [0.1, 0.15) is 5.75 Å². The quantitative estimate of drug-likeness (QED) is 0.916. The fourth-order valence-corrected chi connectivity index (χ4v) is 2.10. The number of aryl methyl sites for hydroxylation is 1. The van der Waals surface area contributed by atoms with Crippen LogP contribution in [0, 0.1) is 6.92 Å². The topological polar surface area (TPSA) is 73.3 Å². The molecule has 0 saturated carbocycles. The van der Waals surface area contributed by atoms with Crippen molar-refractivity contribution in [1.29, 1.82) is 0 Å². The number of halogens is 1. The number of carbonyl (C=O) groups is 1. The normalized spacial score (nSPS) is 10.1. The molecule has 1 aromatic carbocycles. The average molecular weight is 352 g/mol. The minimum atomic E-state index is -0.339. The molecule has 2 aromatic rings. The van der Waals surface area contributed by atoms with Gasteiger partial charge in [-0.1, -0.05) is 0 Å². The molecule has 0 unspecified atom stereocenters.